The summed E-state index contributed by atoms with van der Waals surface area (Å²) >= 11 is 0. The Morgan fingerprint density at radius 3 is 2.37 bits per heavy atom. The highest BCUT2D eigenvalue weighted by molar-refractivity contribution is 5.35. The Balaban J connectivity index is 1.12. The van der Waals surface area contributed by atoms with Gasteiger partial charge in [0.15, 0.2) is 6.29 Å². The largest absolute Gasteiger partial charge is 0.390 e. The van der Waals surface area contributed by atoms with Gasteiger partial charge in [0.25, 0.3) is 0 Å². The Morgan fingerprint density at radius 1 is 1.00 bits per heavy atom. The summed E-state index contributed by atoms with van der Waals surface area (Å²) in [6.45, 7) is 25.9. The fourth-order valence-corrected chi connectivity index (χ4v) is 14.9. The molecule has 7 rings (SSSR count). The van der Waals surface area contributed by atoms with E-state index >= 15 is 0 Å². The summed E-state index contributed by atoms with van der Waals surface area (Å²) in [6.07, 6.45) is 6.68. The zero-order valence-corrected chi connectivity index (χ0v) is 33.0. The zero-order chi connectivity index (χ0) is 35.5. The average molecular weight is 689 g/mol. The van der Waals surface area contributed by atoms with Gasteiger partial charge in [-0.2, -0.15) is 0 Å². The summed E-state index contributed by atoms with van der Waals surface area (Å²) in [5.74, 6) is 2.45. The van der Waals surface area contributed by atoms with Crippen molar-refractivity contribution < 1.29 is 29.2 Å². The van der Waals surface area contributed by atoms with E-state index in [9.17, 15) is 10.2 Å². The molecule has 15 atom stereocenters. The van der Waals surface area contributed by atoms with Crippen LogP contribution in [-0.2, 0) is 18.9 Å². The Labute approximate surface area is 298 Å². The van der Waals surface area contributed by atoms with Crippen LogP contribution in [0.5, 0.6) is 0 Å². The number of nitrogens with zero attached hydrogens (tertiary/aromatic N) is 2. The molecule has 0 aromatic rings. The topological polar surface area (TPSA) is 83.9 Å². The first-order valence-corrected chi connectivity index (χ1v) is 20.2. The Morgan fingerprint density at radius 2 is 1.69 bits per heavy atom. The first-order chi connectivity index (χ1) is 22.9. The van der Waals surface area contributed by atoms with Crippen LogP contribution in [0.4, 0.5) is 0 Å². The lowest BCUT2D eigenvalue weighted by Gasteiger charge is -2.63. The maximum Gasteiger partial charge on any atom is 0.170 e. The van der Waals surface area contributed by atoms with Crippen LogP contribution in [0.15, 0.2) is 0 Å². The van der Waals surface area contributed by atoms with Crippen molar-refractivity contribution in [3.8, 4) is 0 Å². The van der Waals surface area contributed by atoms with Gasteiger partial charge in [0.05, 0.1) is 36.6 Å². The van der Waals surface area contributed by atoms with Gasteiger partial charge < -0.3 is 34.1 Å². The second kappa shape index (κ2) is 12.4. The number of ether oxygens (including phenoxy) is 4. The maximum atomic E-state index is 12.7. The summed E-state index contributed by atoms with van der Waals surface area (Å²) < 4.78 is 26.4. The van der Waals surface area contributed by atoms with E-state index in [-0.39, 0.29) is 46.3 Å². The molecule has 5 aliphatic carbocycles. The number of hydrogen-bond acceptors (Lipinski definition) is 8. The molecule has 2 aliphatic heterocycles. The molecule has 7 aliphatic rings. The van der Waals surface area contributed by atoms with Crippen LogP contribution in [0.2, 0.25) is 0 Å². The molecule has 282 valence electrons. The van der Waals surface area contributed by atoms with Gasteiger partial charge in [-0.1, -0.05) is 41.5 Å². The first kappa shape index (κ1) is 37.0. The lowest BCUT2D eigenvalue weighted by Crippen LogP contribution is -2.60. The standard InChI is InChI=1S/C41H72N2O6/c1-12-46-35(37(6,7)45)27-23-25(2)32-33(48-27)34(44)39(9)29-14-13-28-36(4,5)30(49-31-24-43(21-22-47-31)20-19-42(10)11)15-16-40(28)26(3)41(29,40)18-17-38(32,39)8/h25-35,44-45H,12-24H2,1-11H3/t25-,26-,27?,28+,29?,30+,31+,32+,33?,34+,35+,38-,39-,40-,41+/m1/s1. The molecule has 3 unspecified atom stereocenters. The van der Waals surface area contributed by atoms with Gasteiger partial charge in [-0.15, -0.1) is 0 Å². The number of aliphatic hydroxyl groups is 2. The number of morpholine rings is 1. The van der Waals surface area contributed by atoms with Gasteiger partial charge in [-0.25, -0.2) is 0 Å². The van der Waals surface area contributed by atoms with Crippen LogP contribution >= 0.6 is 0 Å². The molecular formula is C41H72N2O6. The van der Waals surface area contributed by atoms with Crippen molar-refractivity contribution in [2.45, 2.75) is 150 Å². The molecule has 0 aromatic heterocycles. The molecule has 8 heteroatoms. The molecule has 2 saturated heterocycles. The number of hydrogen-bond donors (Lipinski definition) is 2. The van der Waals surface area contributed by atoms with Gasteiger partial charge in [-0.3, -0.25) is 4.90 Å². The van der Waals surface area contributed by atoms with E-state index in [2.05, 4.69) is 65.4 Å². The summed E-state index contributed by atoms with van der Waals surface area (Å²) in [7, 11) is 4.29. The molecule has 2 N–H and O–H groups in total. The minimum atomic E-state index is -1.01. The van der Waals surface area contributed by atoms with E-state index in [0.29, 0.717) is 41.6 Å². The minimum Gasteiger partial charge on any atom is -0.390 e. The van der Waals surface area contributed by atoms with Crippen LogP contribution in [0.1, 0.15) is 107 Å². The smallest absolute Gasteiger partial charge is 0.170 e. The number of aliphatic hydroxyl groups excluding tert-OH is 1. The average Bonchev–Trinajstić information content (AvgIpc) is 3.50. The predicted octanol–water partition coefficient (Wildman–Crippen LogP) is 5.83. The van der Waals surface area contributed by atoms with Crippen LogP contribution < -0.4 is 0 Å². The molecule has 0 aromatic carbocycles. The third-order valence-electron chi connectivity index (χ3n) is 17.1. The van der Waals surface area contributed by atoms with E-state index < -0.39 is 17.8 Å². The fourth-order valence-electron chi connectivity index (χ4n) is 14.9. The van der Waals surface area contributed by atoms with Gasteiger partial charge >= 0.3 is 0 Å². The van der Waals surface area contributed by atoms with Crippen LogP contribution in [-0.4, -0.2) is 116 Å². The summed E-state index contributed by atoms with van der Waals surface area (Å²) in [6, 6.07) is 0. The van der Waals surface area contributed by atoms with Gasteiger partial charge in [0.1, 0.15) is 6.10 Å². The number of likely N-dealkylation sites (N-methyl/N-ethyl adjacent to an activating group) is 1. The maximum absolute atomic E-state index is 12.7. The summed E-state index contributed by atoms with van der Waals surface area (Å²) in [5.41, 5.74) is -0.565. The second-order valence-electron chi connectivity index (χ2n) is 19.9. The molecule has 5 saturated carbocycles. The summed E-state index contributed by atoms with van der Waals surface area (Å²) in [4.78, 5) is 4.76. The van der Waals surface area contributed by atoms with E-state index in [1.165, 1.54) is 25.7 Å². The highest BCUT2D eigenvalue weighted by Crippen LogP contribution is 2.91. The molecule has 49 heavy (non-hydrogen) atoms. The molecule has 2 spiro atoms. The predicted molar refractivity (Wildman–Crippen MR) is 192 cm³/mol. The Bertz CT molecular complexity index is 1220. The van der Waals surface area contributed by atoms with E-state index in [4.69, 9.17) is 18.9 Å². The fraction of sp³-hybridized carbons (Fsp3) is 1.00. The lowest BCUT2D eigenvalue weighted by atomic mass is 9.41. The van der Waals surface area contributed by atoms with E-state index in [0.717, 1.165) is 52.0 Å². The van der Waals surface area contributed by atoms with Crippen LogP contribution in [0.3, 0.4) is 0 Å². The molecule has 8 nitrogen and oxygen atoms in total. The number of rotatable bonds is 9. The molecule has 0 bridgehead atoms. The van der Waals surface area contributed by atoms with Gasteiger partial charge in [0, 0.05) is 38.2 Å². The molecule has 0 amide bonds. The van der Waals surface area contributed by atoms with Crippen molar-refractivity contribution in [1.82, 2.24) is 9.80 Å². The normalized spacial score (nSPS) is 51.3. The van der Waals surface area contributed by atoms with Crippen molar-refractivity contribution in [2.75, 3.05) is 53.5 Å². The molecule has 7 fully saturated rings. The molecular weight excluding hydrogens is 616 g/mol. The van der Waals surface area contributed by atoms with Gasteiger partial charge in [-0.05, 0) is 131 Å². The first-order valence-electron chi connectivity index (χ1n) is 20.2. The van der Waals surface area contributed by atoms with Crippen molar-refractivity contribution in [3.63, 3.8) is 0 Å². The van der Waals surface area contributed by atoms with Gasteiger partial charge in [0.2, 0.25) is 0 Å². The highest BCUT2D eigenvalue weighted by atomic mass is 16.7. The SMILES string of the molecule is CCO[C@@H](C1C[C@@H](C)[C@H]2C(O1)[C@H](O)[C@@]1(C)C3CC[C@H]4C(C)(C)[C@@H](O[C@H]5CN(CCN(C)C)CCO5)CC[C@@]45[C@@H](C)[C@@]35CC[C@]21C)C(C)(C)O. The van der Waals surface area contributed by atoms with E-state index in [1.807, 2.05) is 20.8 Å². The van der Waals surface area contributed by atoms with Crippen molar-refractivity contribution in [3.05, 3.63) is 0 Å². The minimum absolute atomic E-state index is 0.0101. The van der Waals surface area contributed by atoms with Crippen LogP contribution in [0, 0.1) is 56.7 Å². The van der Waals surface area contributed by atoms with Crippen molar-refractivity contribution in [1.29, 1.82) is 0 Å². The summed E-state index contributed by atoms with van der Waals surface area (Å²) in [5, 5.41) is 23.8. The van der Waals surface area contributed by atoms with Crippen molar-refractivity contribution in [2.24, 2.45) is 56.7 Å². The van der Waals surface area contributed by atoms with E-state index in [1.54, 1.807) is 0 Å². The van der Waals surface area contributed by atoms with Crippen molar-refractivity contribution >= 4 is 0 Å². The number of fused-ring (bicyclic) bond motifs is 4. The monoisotopic (exact) mass is 689 g/mol. The third kappa shape index (κ3) is 5.10. The second-order valence-corrected chi connectivity index (χ2v) is 19.9. The zero-order valence-electron chi connectivity index (χ0n) is 33.0. The Kier molecular flexibility index (Phi) is 9.34. The Hall–Kier alpha value is -0.320. The highest BCUT2D eigenvalue weighted by Gasteiger charge is 2.88. The third-order valence-corrected chi connectivity index (χ3v) is 17.1. The lowest BCUT2D eigenvalue weighted by molar-refractivity contribution is -0.249. The molecule has 2 heterocycles. The molecule has 0 radical (unpaired) electrons. The quantitative estimate of drug-likeness (QED) is 0.314. The van der Waals surface area contributed by atoms with Crippen LogP contribution in [0.25, 0.3) is 0 Å².